The Kier molecular flexibility index (Phi) is 3.94. The fourth-order valence-electron chi connectivity index (χ4n) is 2.88. The van der Waals surface area contributed by atoms with E-state index in [4.69, 9.17) is 0 Å². The van der Waals surface area contributed by atoms with Gasteiger partial charge >= 0.3 is 0 Å². The second-order valence-electron chi connectivity index (χ2n) is 6.27. The monoisotopic (exact) mass is 328 g/mol. The van der Waals surface area contributed by atoms with E-state index in [1.54, 1.807) is 0 Å². The Morgan fingerprint density at radius 1 is 1.00 bits per heavy atom. The third-order valence-electron chi connectivity index (χ3n) is 4.36. The van der Waals surface area contributed by atoms with Crippen LogP contribution in [0, 0.1) is 6.92 Å². The number of aryl methyl sites for hydroxylation is 1. The third-order valence-corrected chi connectivity index (χ3v) is 4.36. The van der Waals surface area contributed by atoms with Crippen molar-refractivity contribution in [1.82, 2.24) is 14.4 Å². The zero-order valence-corrected chi connectivity index (χ0v) is 14.3. The second-order valence-corrected chi connectivity index (χ2v) is 6.27. The summed E-state index contributed by atoms with van der Waals surface area (Å²) in [6.45, 7) is 4.14. The number of nitrogens with zero attached hydrogens (tertiary/aromatic N) is 3. The highest BCUT2D eigenvalue weighted by molar-refractivity contribution is 5.65. The number of hydrogen-bond donors (Lipinski definition) is 1. The van der Waals surface area contributed by atoms with Gasteiger partial charge in [-0.2, -0.15) is 0 Å². The lowest BCUT2D eigenvalue weighted by Crippen LogP contribution is -2.06. The number of pyridine rings is 2. The summed E-state index contributed by atoms with van der Waals surface area (Å²) in [5.41, 5.74) is 6.34. The lowest BCUT2D eigenvalue weighted by molar-refractivity contribution is 0.872. The number of rotatable bonds is 4. The molecule has 3 heterocycles. The van der Waals surface area contributed by atoms with E-state index in [9.17, 15) is 0 Å². The molecule has 4 nitrogen and oxygen atoms in total. The van der Waals surface area contributed by atoms with E-state index < -0.39 is 0 Å². The molecule has 0 aliphatic carbocycles. The van der Waals surface area contributed by atoms with Gasteiger partial charge in [0, 0.05) is 35.5 Å². The van der Waals surface area contributed by atoms with Crippen molar-refractivity contribution in [2.45, 2.75) is 19.9 Å². The third kappa shape index (κ3) is 3.24. The first-order chi connectivity index (χ1) is 12.2. The molecule has 1 aromatic carbocycles. The van der Waals surface area contributed by atoms with E-state index >= 15 is 0 Å². The minimum Gasteiger partial charge on any atom is -0.378 e. The van der Waals surface area contributed by atoms with Gasteiger partial charge < -0.3 is 9.72 Å². The Labute approximate surface area is 147 Å². The summed E-state index contributed by atoms with van der Waals surface area (Å²) in [6.07, 6.45) is 6.00. The van der Waals surface area contributed by atoms with Crippen molar-refractivity contribution < 1.29 is 0 Å². The number of anilines is 1. The molecule has 0 spiro atoms. The zero-order valence-electron chi connectivity index (χ0n) is 14.3. The lowest BCUT2D eigenvalue weighted by atomic mass is 10.1. The van der Waals surface area contributed by atoms with Crippen LogP contribution in [-0.2, 0) is 0 Å². The first-order valence-corrected chi connectivity index (χ1v) is 8.42. The van der Waals surface area contributed by atoms with Crippen molar-refractivity contribution >= 4 is 11.3 Å². The van der Waals surface area contributed by atoms with Gasteiger partial charge in [-0.15, -0.1) is 0 Å². The van der Waals surface area contributed by atoms with Crippen molar-refractivity contribution in [3.63, 3.8) is 0 Å². The Bertz CT molecular complexity index is 952. The molecule has 25 heavy (non-hydrogen) atoms. The topological polar surface area (TPSA) is 42.2 Å². The quantitative estimate of drug-likeness (QED) is 0.580. The normalized spacial score (nSPS) is 12.2. The van der Waals surface area contributed by atoms with Crippen molar-refractivity contribution in [2.24, 2.45) is 0 Å². The molecule has 0 saturated carbocycles. The molecule has 4 rings (SSSR count). The van der Waals surface area contributed by atoms with Gasteiger partial charge in [-0.05, 0) is 49.7 Å². The summed E-state index contributed by atoms with van der Waals surface area (Å²) in [4.78, 5) is 9.03. The molecule has 0 saturated heterocycles. The van der Waals surface area contributed by atoms with Crippen LogP contribution in [0.25, 0.3) is 16.9 Å². The molecule has 124 valence electrons. The van der Waals surface area contributed by atoms with Crippen LogP contribution in [0.15, 0.2) is 73.2 Å². The smallest absolute Gasteiger partial charge is 0.137 e. The maximum atomic E-state index is 4.66. The minimum atomic E-state index is 0.203. The molecule has 0 radical (unpaired) electrons. The Morgan fingerprint density at radius 2 is 1.84 bits per heavy atom. The molecular formula is C21H20N4. The van der Waals surface area contributed by atoms with Crippen LogP contribution >= 0.6 is 0 Å². The van der Waals surface area contributed by atoms with Gasteiger partial charge in [0.1, 0.15) is 5.65 Å². The van der Waals surface area contributed by atoms with E-state index in [2.05, 4.69) is 58.7 Å². The highest BCUT2D eigenvalue weighted by Crippen LogP contribution is 2.24. The first kappa shape index (κ1) is 15.4. The van der Waals surface area contributed by atoms with Crippen molar-refractivity contribution in [1.29, 1.82) is 0 Å². The molecule has 0 amide bonds. The summed E-state index contributed by atoms with van der Waals surface area (Å²) in [7, 11) is 0. The number of imidazole rings is 1. The van der Waals surface area contributed by atoms with Crippen molar-refractivity contribution in [2.75, 3.05) is 5.32 Å². The average molecular weight is 328 g/mol. The maximum absolute atomic E-state index is 4.66. The fraction of sp³-hybridized carbons (Fsp3) is 0.143. The molecule has 1 atom stereocenters. The molecule has 0 aliphatic heterocycles. The van der Waals surface area contributed by atoms with Gasteiger partial charge in [0.25, 0.3) is 0 Å². The average Bonchev–Trinajstić information content (AvgIpc) is 3.07. The van der Waals surface area contributed by atoms with E-state index in [-0.39, 0.29) is 6.04 Å². The number of benzene rings is 1. The molecule has 1 unspecified atom stereocenters. The van der Waals surface area contributed by atoms with Gasteiger partial charge in [-0.3, -0.25) is 4.98 Å². The predicted molar refractivity (Wildman–Crippen MR) is 102 cm³/mol. The predicted octanol–water partition coefficient (Wildman–Crippen LogP) is 4.88. The molecule has 0 fully saturated rings. The van der Waals surface area contributed by atoms with Crippen LogP contribution in [0.1, 0.15) is 24.2 Å². The van der Waals surface area contributed by atoms with Gasteiger partial charge in [-0.25, -0.2) is 4.98 Å². The van der Waals surface area contributed by atoms with Crippen LogP contribution in [-0.4, -0.2) is 14.4 Å². The molecule has 1 N–H and O–H groups in total. The van der Waals surface area contributed by atoms with E-state index in [1.807, 2.05) is 48.0 Å². The molecule has 0 aliphatic rings. The SMILES string of the molecule is Cc1ccc(C(C)Nc2ccc(-c3cn4ccccc4n3)cc2)cn1. The Hall–Kier alpha value is -3.14. The summed E-state index contributed by atoms with van der Waals surface area (Å²) >= 11 is 0. The van der Waals surface area contributed by atoms with Gasteiger partial charge in [0.05, 0.1) is 11.7 Å². The lowest BCUT2D eigenvalue weighted by Gasteiger charge is -2.15. The van der Waals surface area contributed by atoms with Crippen LogP contribution in [0.2, 0.25) is 0 Å². The molecule has 4 heteroatoms. The van der Waals surface area contributed by atoms with Crippen molar-refractivity contribution in [3.05, 3.63) is 84.4 Å². The Morgan fingerprint density at radius 3 is 2.56 bits per heavy atom. The first-order valence-electron chi connectivity index (χ1n) is 8.42. The molecule has 4 aromatic rings. The molecule has 0 bridgehead atoms. The fourth-order valence-corrected chi connectivity index (χ4v) is 2.88. The van der Waals surface area contributed by atoms with E-state index in [0.29, 0.717) is 0 Å². The summed E-state index contributed by atoms with van der Waals surface area (Å²) < 4.78 is 2.04. The number of hydrogen-bond acceptors (Lipinski definition) is 3. The number of nitrogens with one attached hydrogen (secondary N) is 1. The summed E-state index contributed by atoms with van der Waals surface area (Å²) in [6, 6.07) is 18.8. The summed E-state index contributed by atoms with van der Waals surface area (Å²) in [5, 5.41) is 3.52. The number of aromatic nitrogens is 3. The van der Waals surface area contributed by atoms with E-state index in [1.165, 1.54) is 5.56 Å². The van der Waals surface area contributed by atoms with Crippen LogP contribution in [0.4, 0.5) is 5.69 Å². The van der Waals surface area contributed by atoms with Crippen molar-refractivity contribution in [3.8, 4) is 11.3 Å². The number of fused-ring (bicyclic) bond motifs is 1. The molecule has 3 aromatic heterocycles. The summed E-state index contributed by atoms with van der Waals surface area (Å²) in [5.74, 6) is 0. The maximum Gasteiger partial charge on any atom is 0.137 e. The van der Waals surface area contributed by atoms with Crippen LogP contribution < -0.4 is 5.32 Å². The van der Waals surface area contributed by atoms with Gasteiger partial charge in [-0.1, -0.05) is 24.3 Å². The highest BCUT2D eigenvalue weighted by atomic mass is 15.0. The van der Waals surface area contributed by atoms with Crippen LogP contribution in [0.5, 0.6) is 0 Å². The Balaban J connectivity index is 1.52. The highest BCUT2D eigenvalue weighted by Gasteiger charge is 2.07. The van der Waals surface area contributed by atoms with Gasteiger partial charge in [0.15, 0.2) is 0 Å². The van der Waals surface area contributed by atoms with Gasteiger partial charge in [0.2, 0.25) is 0 Å². The standard InChI is InChI=1S/C21H20N4/c1-15-6-7-18(13-22-15)16(2)23-19-10-8-17(9-11-19)20-14-25-12-4-3-5-21(25)24-20/h3-14,16,23H,1-2H3. The molecular weight excluding hydrogens is 308 g/mol. The largest absolute Gasteiger partial charge is 0.378 e. The zero-order chi connectivity index (χ0) is 17.2. The minimum absolute atomic E-state index is 0.203. The van der Waals surface area contributed by atoms with Crippen LogP contribution in [0.3, 0.4) is 0 Å². The van der Waals surface area contributed by atoms with E-state index in [0.717, 1.165) is 28.3 Å². The second kappa shape index (κ2) is 6.40.